The van der Waals surface area contributed by atoms with Gasteiger partial charge in [0.25, 0.3) is 11.5 Å². The van der Waals surface area contributed by atoms with Crippen LogP contribution in [0, 0.1) is 11.2 Å². The molecule has 0 saturated carbocycles. The number of carbonyl (C=O) groups is 1. The van der Waals surface area contributed by atoms with Crippen LogP contribution in [-0.2, 0) is 13.0 Å². The fourth-order valence-electron chi connectivity index (χ4n) is 3.96. The average molecular weight is 410 g/mol. The van der Waals surface area contributed by atoms with Gasteiger partial charge in [-0.2, -0.15) is 5.10 Å². The molecule has 0 unspecified atom stereocenters. The molecular formula is C22H23FN4O3. The van der Waals surface area contributed by atoms with Crippen molar-refractivity contribution >= 4 is 5.91 Å². The Morgan fingerprint density at radius 1 is 1.23 bits per heavy atom. The SMILES string of the molecule is COc1cc[nH]c(=O)c1C(=O)N1Cc2cnn(-c3ccc(F)cc3)c2CC(C)(C)C1. The van der Waals surface area contributed by atoms with Crippen molar-refractivity contribution in [2.75, 3.05) is 13.7 Å². The van der Waals surface area contributed by atoms with E-state index in [1.165, 1.54) is 25.4 Å². The van der Waals surface area contributed by atoms with E-state index < -0.39 is 5.56 Å². The van der Waals surface area contributed by atoms with Crippen LogP contribution in [0.5, 0.6) is 5.75 Å². The zero-order valence-corrected chi connectivity index (χ0v) is 17.1. The molecule has 0 saturated heterocycles. The van der Waals surface area contributed by atoms with Crippen LogP contribution < -0.4 is 10.3 Å². The van der Waals surface area contributed by atoms with Crippen molar-refractivity contribution in [2.24, 2.45) is 5.41 Å². The number of hydrogen-bond donors (Lipinski definition) is 1. The normalized spacial score (nSPS) is 15.4. The standard InChI is InChI=1S/C22H23FN4O3/c1-22(2)10-17-14(11-25-27(17)16-6-4-15(23)5-7-16)12-26(13-22)21(29)19-18(30-3)8-9-24-20(19)28/h4-9,11H,10,12-13H2,1-3H3,(H,24,28). The Morgan fingerprint density at radius 3 is 2.67 bits per heavy atom. The van der Waals surface area contributed by atoms with Gasteiger partial charge in [0.1, 0.15) is 17.1 Å². The number of halogens is 1. The van der Waals surface area contributed by atoms with Crippen molar-refractivity contribution in [3.05, 3.63) is 75.7 Å². The Balaban J connectivity index is 1.74. The van der Waals surface area contributed by atoms with Gasteiger partial charge in [-0.05, 0) is 42.2 Å². The summed E-state index contributed by atoms with van der Waals surface area (Å²) >= 11 is 0. The van der Waals surface area contributed by atoms with Crippen LogP contribution in [-0.4, -0.2) is 39.2 Å². The van der Waals surface area contributed by atoms with Crippen LogP contribution in [0.3, 0.4) is 0 Å². The predicted octanol–water partition coefficient (Wildman–Crippen LogP) is 2.93. The first-order valence-electron chi connectivity index (χ1n) is 9.66. The molecule has 1 aliphatic rings. The molecule has 3 heterocycles. The number of fused-ring (bicyclic) bond motifs is 1. The first-order chi connectivity index (χ1) is 14.3. The minimum absolute atomic E-state index is 0.00910. The summed E-state index contributed by atoms with van der Waals surface area (Å²) in [5.74, 6) is -0.451. The number of ether oxygens (including phenoxy) is 1. The number of nitrogens with one attached hydrogen (secondary N) is 1. The van der Waals surface area contributed by atoms with E-state index in [9.17, 15) is 14.0 Å². The Kier molecular flexibility index (Phi) is 4.93. The molecule has 0 atom stereocenters. The van der Waals surface area contributed by atoms with E-state index in [2.05, 4.69) is 23.9 Å². The van der Waals surface area contributed by atoms with Gasteiger partial charge in [-0.3, -0.25) is 9.59 Å². The molecule has 1 aliphatic heterocycles. The molecule has 1 N–H and O–H groups in total. The summed E-state index contributed by atoms with van der Waals surface area (Å²) in [4.78, 5) is 29.9. The number of aromatic nitrogens is 3. The molecule has 1 aromatic carbocycles. The van der Waals surface area contributed by atoms with E-state index in [0.29, 0.717) is 19.5 Å². The summed E-state index contributed by atoms with van der Waals surface area (Å²) in [7, 11) is 1.43. The minimum atomic E-state index is -0.483. The second-order valence-electron chi connectivity index (χ2n) is 8.26. The number of H-pyrrole nitrogens is 1. The van der Waals surface area contributed by atoms with E-state index >= 15 is 0 Å². The van der Waals surface area contributed by atoms with Gasteiger partial charge >= 0.3 is 0 Å². The minimum Gasteiger partial charge on any atom is -0.496 e. The van der Waals surface area contributed by atoms with E-state index in [1.54, 1.807) is 34.0 Å². The number of nitrogens with zero attached hydrogens (tertiary/aromatic N) is 3. The Bertz CT molecular complexity index is 1150. The van der Waals surface area contributed by atoms with Gasteiger partial charge in [0.15, 0.2) is 0 Å². The molecule has 0 aliphatic carbocycles. The van der Waals surface area contributed by atoms with Gasteiger partial charge in [0.2, 0.25) is 0 Å². The van der Waals surface area contributed by atoms with Crippen LogP contribution in [0.2, 0.25) is 0 Å². The quantitative estimate of drug-likeness (QED) is 0.720. The van der Waals surface area contributed by atoms with E-state index in [-0.39, 0.29) is 28.5 Å². The zero-order valence-electron chi connectivity index (χ0n) is 17.1. The van der Waals surface area contributed by atoms with Crippen LogP contribution in [0.1, 0.15) is 35.5 Å². The first-order valence-corrected chi connectivity index (χ1v) is 9.66. The number of pyridine rings is 1. The van der Waals surface area contributed by atoms with Crippen molar-refractivity contribution in [3.63, 3.8) is 0 Å². The maximum Gasteiger partial charge on any atom is 0.264 e. The monoisotopic (exact) mass is 410 g/mol. The molecule has 0 bridgehead atoms. The summed E-state index contributed by atoms with van der Waals surface area (Å²) in [5.41, 5.74) is 1.86. The molecule has 3 aromatic rings. The molecule has 156 valence electrons. The Morgan fingerprint density at radius 2 is 1.97 bits per heavy atom. The maximum absolute atomic E-state index is 13.3. The van der Waals surface area contributed by atoms with Crippen molar-refractivity contribution in [1.82, 2.24) is 19.7 Å². The lowest BCUT2D eigenvalue weighted by atomic mass is 9.87. The van der Waals surface area contributed by atoms with Crippen molar-refractivity contribution in [2.45, 2.75) is 26.8 Å². The molecule has 0 spiro atoms. The Labute approximate surface area is 173 Å². The number of carbonyl (C=O) groups excluding carboxylic acids is 1. The highest BCUT2D eigenvalue weighted by Crippen LogP contribution is 2.32. The lowest BCUT2D eigenvalue weighted by molar-refractivity contribution is 0.0675. The third kappa shape index (κ3) is 3.60. The molecule has 30 heavy (non-hydrogen) atoms. The third-order valence-electron chi connectivity index (χ3n) is 5.30. The van der Waals surface area contributed by atoms with Crippen molar-refractivity contribution in [1.29, 1.82) is 0 Å². The fourth-order valence-corrected chi connectivity index (χ4v) is 3.96. The summed E-state index contributed by atoms with van der Waals surface area (Å²) in [5, 5.41) is 4.49. The highest BCUT2D eigenvalue weighted by Gasteiger charge is 2.34. The topological polar surface area (TPSA) is 80.2 Å². The van der Waals surface area contributed by atoms with Crippen LogP contribution >= 0.6 is 0 Å². The predicted molar refractivity (Wildman–Crippen MR) is 109 cm³/mol. The summed E-state index contributed by atoms with van der Waals surface area (Å²) in [6.07, 6.45) is 3.85. The lowest BCUT2D eigenvalue weighted by Gasteiger charge is -2.30. The van der Waals surface area contributed by atoms with Gasteiger partial charge in [-0.15, -0.1) is 0 Å². The Hall–Kier alpha value is -3.42. The fraction of sp³-hybridized carbons (Fsp3) is 0.318. The van der Waals surface area contributed by atoms with Crippen molar-refractivity contribution in [3.8, 4) is 11.4 Å². The summed E-state index contributed by atoms with van der Waals surface area (Å²) in [6, 6.07) is 7.72. The second kappa shape index (κ2) is 7.44. The first kappa shape index (κ1) is 19.9. The molecule has 4 rings (SSSR count). The second-order valence-corrected chi connectivity index (χ2v) is 8.26. The van der Waals surface area contributed by atoms with Gasteiger partial charge in [0.05, 0.1) is 19.0 Å². The molecule has 8 heteroatoms. The smallest absolute Gasteiger partial charge is 0.264 e. The van der Waals surface area contributed by atoms with Gasteiger partial charge in [-0.1, -0.05) is 13.8 Å². The number of aromatic amines is 1. The highest BCUT2D eigenvalue weighted by atomic mass is 19.1. The van der Waals surface area contributed by atoms with Crippen LogP contribution in [0.4, 0.5) is 4.39 Å². The van der Waals surface area contributed by atoms with Gasteiger partial charge in [-0.25, -0.2) is 9.07 Å². The number of hydrogen-bond acceptors (Lipinski definition) is 4. The van der Waals surface area contributed by atoms with E-state index in [4.69, 9.17) is 4.74 Å². The summed E-state index contributed by atoms with van der Waals surface area (Å²) < 4.78 is 20.4. The number of rotatable bonds is 3. The summed E-state index contributed by atoms with van der Waals surface area (Å²) in [6.45, 7) is 4.91. The lowest BCUT2D eigenvalue weighted by Crippen LogP contribution is -2.39. The third-order valence-corrected chi connectivity index (χ3v) is 5.30. The molecule has 2 aromatic heterocycles. The molecule has 0 radical (unpaired) electrons. The molecular weight excluding hydrogens is 387 g/mol. The highest BCUT2D eigenvalue weighted by molar-refractivity contribution is 5.96. The largest absolute Gasteiger partial charge is 0.496 e. The maximum atomic E-state index is 13.3. The zero-order chi connectivity index (χ0) is 21.5. The van der Waals surface area contributed by atoms with E-state index in [0.717, 1.165) is 16.9 Å². The van der Waals surface area contributed by atoms with Crippen LogP contribution in [0.25, 0.3) is 5.69 Å². The van der Waals surface area contributed by atoms with Crippen molar-refractivity contribution < 1.29 is 13.9 Å². The average Bonchev–Trinajstić information content (AvgIpc) is 3.02. The number of benzene rings is 1. The number of amides is 1. The molecule has 0 fully saturated rings. The van der Waals surface area contributed by atoms with Gasteiger partial charge < -0.3 is 14.6 Å². The molecule has 7 nitrogen and oxygen atoms in total. The van der Waals surface area contributed by atoms with Crippen LogP contribution in [0.15, 0.2) is 47.5 Å². The number of methoxy groups -OCH3 is 1. The van der Waals surface area contributed by atoms with Gasteiger partial charge in [0, 0.05) is 30.5 Å². The molecule has 1 amide bonds. The van der Waals surface area contributed by atoms with E-state index in [1.807, 2.05) is 0 Å².